The molecule has 3 N–H and O–H groups in total. The molecule has 1 aromatic carbocycles. The monoisotopic (exact) mass is 319 g/mol. The minimum atomic E-state index is -0.269. The van der Waals surface area contributed by atoms with Gasteiger partial charge in [-0.25, -0.2) is 9.78 Å². The first-order valence-electron chi connectivity index (χ1n) is 7.89. The van der Waals surface area contributed by atoms with Crippen molar-refractivity contribution in [2.75, 3.05) is 11.9 Å². The molecule has 126 valence electrons. The fourth-order valence-electron chi connectivity index (χ4n) is 2.19. The van der Waals surface area contributed by atoms with E-state index in [1.807, 2.05) is 33.8 Å². The van der Waals surface area contributed by atoms with Gasteiger partial charge in [0.2, 0.25) is 5.89 Å². The van der Waals surface area contributed by atoms with Gasteiger partial charge in [-0.2, -0.15) is 0 Å². The second kappa shape index (κ2) is 7.00. The van der Waals surface area contributed by atoms with Crippen LogP contribution in [0.15, 0.2) is 22.6 Å². The molecule has 0 aliphatic carbocycles. The lowest BCUT2D eigenvalue weighted by atomic mass is 9.97. The Morgan fingerprint density at radius 2 is 2.13 bits per heavy atom. The molecule has 1 unspecified atom stereocenters. The fourth-order valence-corrected chi connectivity index (χ4v) is 2.19. The first-order chi connectivity index (χ1) is 10.8. The van der Waals surface area contributed by atoms with Gasteiger partial charge in [-0.15, -0.1) is 0 Å². The average molecular weight is 319 g/mol. The van der Waals surface area contributed by atoms with Gasteiger partial charge < -0.3 is 20.2 Å². The zero-order valence-electron chi connectivity index (χ0n) is 14.1. The Balaban J connectivity index is 2.04. The summed E-state index contributed by atoms with van der Waals surface area (Å²) in [5.41, 5.74) is 1.93. The summed E-state index contributed by atoms with van der Waals surface area (Å²) in [5.74, 6) is 0.673. The highest BCUT2D eigenvalue weighted by molar-refractivity contribution is 5.91. The Kier molecular flexibility index (Phi) is 5.26. The molecule has 0 saturated heterocycles. The molecular formula is C17H25N3O3. The number of benzene rings is 1. The molecule has 0 fully saturated rings. The first-order valence-corrected chi connectivity index (χ1v) is 7.89. The number of oxazole rings is 1. The topological polar surface area (TPSA) is 87.4 Å². The van der Waals surface area contributed by atoms with E-state index in [-0.39, 0.29) is 24.1 Å². The van der Waals surface area contributed by atoms with Crippen molar-refractivity contribution in [2.45, 2.75) is 52.0 Å². The molecular weight excluding hydrogens is 294 g/mol. The van der Waals surface area contributed by atoms with Crippen LogP contribution < -0.4 is 10.6 Å². The van der Waals surface area contributed by atoms with E-state index in [4.69, 9.17) is 9.52 Å². The van der Waals surface area contributed by atoms with Crippen molar-refractivity contribution in [1.82, 2.24) is 10.3 Å². The summed E-state index contributed by atoms with van der Waals surface area (Å²) in [7, 11) is 0. The van der Waals surface area contributed by atoms with Crippen LogP contribution in [0, 0.1) is 0 Å². The number of hydrogen-bond acceptors (Lipinski definition) is 4. The normalized spacial score (nSPS) is 13.1. The number of nitrogens with one attached hydrogen (secondary N) is 2. The van der Waals surface area contributed by atoms with Crippen LogP contribution in [0.3, 0.4) is 0 Å². The van der Waals surface area contributed by atoms with Gasteiger partial charge in [0.15, 0.2) is 5.58 Å². The molecule has 2 aromatic rings. The van der Waals surface area contributed by atoms with Gasteiger partial charge >= 0.3 is 6.03 Å². The summed E-state index contributed by atoms with van der Waals surface area (Å²) in [6.45, 7) is 8.16. The smallest absolute Gasteiger partial charge is 0.319 e. The maximum atomic E-state index is 12.0. The molecule has 0 bridgehead atoms. The SMILES string of the molecule is CC(CCCO)NC(=O)Nc1ccc2oc(C(C)(C)C)nc2c1. The highest BCUT2D eigenvalue weighted by atomic mass is 16.3. The van der Waals surface area contributed by atoms with E-state index < -0.39 is 0 Å². The molecule has 0 aliphatic heterocycles. The average Bonchev–Trinajstić information content (AvgIpc) is 2.88. The van der Waals surface area contributed by atoms with Gasteiger partial charge in [0.1, 0.15) is 5.52 Å². The maximum Gasteiger partial charge on any atom is 0.319 e. The molecule has 0 spiro atoms. The van der Waals surface area contributed by atoms with Crippen molar-refractivity contribution in [3.05, 3.63) is 24.1 Å². The standard InChI is InChI=1S/C17H25N3O3/c1-11(6-5-9-21)18-16(22)19-12-7-8-14-13(10-12)20-15(23-14)17(2,3)4/h7-8,10-11,21H,5-6,9H2,1-4H3,(H2,18,19,22). The second-order valence-electron chi connectivity index (χ2n) is 6.82. The van der Waals surface area contributed by atoms with Gasteiger partial charge in [0.25, 0.3) is 0 Å². The lowest BCUT2D eigenvalue weighted by molar-refractivity contribution is 0.245. The second-order valence-corrected chi connectivity index (χ2v) is 6.82. The van der Waals surface area contributed by atoms with Crippen LogP contribution in [-0.4, -0.2) is 28.8 Å². The molecule has 1 heterocycles. The number of urea groups is 1. The number of rotatable bonds is 5. The number of aromatic nitrogens is 1. The number of carbonyl (C=O) groups is 1. The largest absolute Gasteiger partial charge is 0.440 e. The predicted molar refractivity (Wildman–Crippen MR) is 90.6 cm³/mol. The third-order valence-corrected chi connectivity index (χ3v) is 3.46. The summed E-state index contributed by atoms with van der Waals surface area (Å²) >= 11 is 0. The van der Waals surface area contributed by atoms with Crippen molar-refractivity contribution in [2.24, 2.45) is 0 Å². The van der Waals surface area contributed by atoms with Gasteiger partial charge in [-0.05, 0) is 38.0 Å². The van der Waals surface area contributed by atoms with Crippen LogP contribution in [0.5, 0.6) is 0 Å². The van der Waals surface area contributed by atoms with Crippen molar-refractivity contribution in [3.63, 3.8) is 0 Å². The highest BCUT2D eigenvalue weighted by Gasteiger charge is 2.21. The maximum absolute atomic E-state index is 12.0. The number of fused-ring (bicyclic) bond motifs is 1. The summed E-state index contributed by atoms with van der Waals surface area (Å²) in [5, 5.41) is 14.4. The number of carbonyl (C=O) groups excluding carboxylic acids is 1. The van der Waals surface area contributed by atoms with Gasteiger partial charge in [0, 0.05) is 23.8 Å². The number of aliphatic hydroxyl groups is 1. The Hall–Kier alpha value is -2.08. The molecule has 6 heteroatoms. The van der Waals surface area contributed by atoms with Crippen molar-refractivity contribution in [3.8, 4) is 0 Å². The quantitative estimate of drug-likeness (QED) is 0.788. The zero-order valence-corrected chi connectivity index (χ0v) is 14.1. The number of nitrogens with zero attached hydrogens (tertiary/aromatic N) is 1. The third-order valence-electron chi connectivity index (χ3n) is 3.46. The number of aliphatic hydroxyl groups excluding tert-OH is 1. The third kappa shape index (κ3) is 4.69. The van der Waals surface area contributed by atoms with E-state index in [0.29, 0.717) is 23.6 Å². The summed E-state index contributed by atoms with van der Waals surface area (Å²) < 4.78 is 5.74. The summed E-state index contributed by atoms with van der Waals surface area (Å²) in [6.07, 6.45) is 1.41. The summed E-state index contributed by atoms with van der Waals surface area (Å²) in [4.78, 5) is 16.4. The van der Waals surface area contributed by atoms with E-state index in [9.17, 15) is 4.79 Å². The van der Waals surface area contributed by atoms with Crippen LogP contribution in [0.2, 0.25) is 0 Å². The number of anilines is 1. The van der Waals surface area contributed by atoms with Crippen LogP contribution >= 0.6 is 0 Å². The first kappa shape index (κ1) is 17.3. The molecule has 0 aliphatic rings. The number of hydrogen-bond donors (Lipinski definition) is 3. The Labute approximate surface area is 136 Å². The van der Waals surface area contributed by atoms with Crippen molar-refractivity contribution >= 4 is 22.8 Å². The minimum Gasteiger partial charge on any atom is -0.440 e. The molecule has 1 aromatic heterocycles. The molecule has 2 amide bonds. The molecule has 2 rings (SSSR count). The molecule has 1 atom stereocenters. The molecule has 0 saturated carbocycles. The Bertz CT molecular complexity index is 673. The molecule has 0 radical (unpaired) electrons. The number of amides is 2. The van der Waals surface area contributed by atoms with E-state index in [1.54, 1.807) is 12.1 Å². The van der Waals surface area contributed by atoms with Crippen LogP contribution in [0.1, 0.15) is 46.4 Å². The lowest BCUT2D eigenvalue weighted by Crippen LogP contribution is -2.36. The Morgan fingerprint density at radius 1 is 1.39 bits per heavy atom. The van der Waals surface area contributed by atoms with Gasteiger partial charge in [-0.1, -0.05) is 20.8 Å². The van der Waals surface area contributed by atoms with Crippen LogP contribution in [0.4, 0.5) is 10.5 Å². The zero-order chi connectivity index (χ0) is 17.0. The van der Waals surface area contributed by atoms with E-state index >= 15 is 0 Å². The van der Waals surface area contributed by atoms with Crippen molar-refractivity contribution < 1.29 is 14.3 Å². The predicted octanol–water partition coefficient (Wildman–Crippen LogP) is 3.41. The summed E-state index contributed by atoms with van der Waals surface area (Å²) in [6, 6.07) is 5.13. The molecule has 6 nitrogen and oxygen atoms in total. The van der Waals surface area contributed by atoms with Crippen LogP contribution in [-0.2, 0) is 5.41 Å². The molecule has 23 heavy (non-hydrogen) atoms. The van der Waals surface area contributed by atoms with Crippen LogP contribution in [0.25, 0.3) is 11.1 Å². The Morgan fingerprint density at radius 3 is 2.78 bits per heavy atom. The van der Waals surface area contributed by atoms with E-state index in [1.165, 1.54) is 0 Å². The van der Waals surface area contributed by atoms with Crippen molar-refractivity contribution in [1.29, 1.82) is 0 Å². The minimum absolute atomic E-state index is 0.00502. The highest BCUT2D eigenvalue weighted by Crippen LogP contribution is 2.27. The van der Waals surface area contributed by atoms with Gasteiger partial charge in [0.05, 0.1) is 0 Å². The lowest BCUT2D eigenvalue weighted by Gasteiger charge is -2.13. The van der Waals surface area contributed by atoms with E-state index in [2.05, 4.69) is 15.6 Å². The fraction of sp³-hybridized carbons (Fsp3) is 0.529. The van der Waals surface area contributed by atoms with Gasteiger partial charge in [-0.3, -0.25) is 0 Å². The van der Waals surface area contributed by atoms with E-state index in [0.717, 1.165) is 11.9 Å².